The molecule has 2 rings (SSSR count). The van der Waals surface area contributed by atoms with Gasteiger partial charge in [-0.3, -0.25) is 9.52 Å². The van der Waals surface area contributed by atoms with E-state index in [0.717, 1.165) is 18.4 Å². The number of carbonyl (C=O) groups is 1. The number of hydrogen-bond acceptors (Lipinski definition) is 3. The van der Waals surface area contributed by atoms with Crippen molar-refractivity contribution in [3.05, 3.63) is 53.1 Å². The first kappa shape index (κ1) is 19.6. The van der Waals surface area contributed by atoms with Gasteiger partial charge < -0.3 is 5.32 Å². The van der Waals surface area contributed by atoms with Crippen LogP contribution in [0.2, 0.25) is 5.02 Å². The number of amides is 1. The van der Waals surface area contributed by atoms with Crippen molar-refractivity contribution in [2.24, 2.45) is 0 Å². The molecule has 0 saturated carbocycles. The Morgan fingerprint density at radius 1 is 1.12 bits per heavy atom. The Labute approximate surface area is 157 Å². The summed E-state index contributed by atoms with van der Waals surface area (Å²) in [6.07, 6.45) is 1.64. The van der Waals surface area contributed by atoms with Crippen molar-refractivity contribution < 1.29 is 13.2 Å². The molecule has 0 atom stereocenters. The first-order valence-corrected chi connectivity index (χ1v) is 9.96. The lowest BCUT2D eigenvalue weighted by Crippen LogP contribution is -2.13. The van der Waals surface area contributed by atoms with Crippen LogP contribution in [0.15, 0.2) is 47.4 Å². The largest absolute Gasteiger partial charge is 0.325 e. The average molecular weight is 401 g/mol. The van der Waals surface area contributed by atoms with Crippen LogP contribution >= 0.6 is 23.2 Å². The molecule has 0 spiro atoms. The van der Waals surface area contributed by atoms with E-state index >= 15 is 0 Å². The average Bonchev–Trinajstić information content (AvgIpc) is 2.55. The van der Waals surface area contributed by atoms with Crippen molar-refractivity contribution >= 4 is 50.5 Å². The van der Waals surface area contributed by atoms with Gasteiger partial charge in [-0.05, 0) is 48.7 Å². The highest BCUT2D eigenvalue weighted by Gasteiger charge is 2.15. The number of sulfonamides is 1. The van der Waals surface area contributed by atoms with Crippen molar-refractivity contribution in [2.45, 2.75) is 24.7 Å². The Morgan fingerprint density at radius 2 is 1.80 bits per heavy atom. The van der Waals surface area contributed by atoms with Gasteiger partial charge in [0.25, 0.3) is 10.0 Å². The van der Waals surface area contributed by atoms with Gasteiger partial charge in [0, 0.05) is 12.8 Å². The van der Waals surface area contributed by atoms with Gasteiger partial charge in [-0.2, -0.15) is 0 Å². The van der Waals surface area contributed by atoms with Crippen LogP contribution in [0.5, 0.6) is 0 Å². The third-order valence-corrected chi connectivity index (χ3v) is 5.36. The predicted molar refractivity (Wildman–Crippen MR) is 102 cm³/mol. The molecule has 0 aliphatic carbocycles. The minimum atomic E-state index is -3.74. The van der Waals surface area contributed by atoms with Crippen LogP contribution in [0.25, 0.3) is 0 Å². The molecule has 0 aromatic heterocycles. The van der Waals surface area contributed by atoms with Crippen molar-refractivity contribution in [1.29, 1.82) is 0 Å². The Morgan fingerprint density at radius 3 is 2.40 bits per heavy atom. The van der Waals surface area contributed by atoms with Crippen LogP contribution in [-0.2, 0) is 21.2 Å². The fourth-order valence-corrected chi connectivity index (χ4v) is 3.54. The zero-order valence-electron chi connectivity index (χ0n) is 13.6. The van der Waals surface area contributed by atoms with E-state index < -0.39 is 10.0 Å². The van der Waals surface area contributed by atoms with E-state index in [-0.39, 0.29) is 10.8 Å². The van der Waals surface area contributed by atoms with Crippen LogP contribution < -0.4 is 10.0 Å². The standard InChI is InChI=1S/C17H18Cl2N2O3S/c1-12(22)20-17-11-14(6-9-16(17)19)21-25(23,24)15-7-4-13(5-8-15)3-2-10-18/h4-9,11,21H,2-3,10H2,1H3,(H,20,22). The third-order valence-electron chi connectivity index (χ3n) is 3.36. The van der Waals surface area contributed by atoms with Gasteiger partial charge in [-0.15, -0.1) is 11.6 Å². The molecule has 0 fully saturated rings. The van der Waals surface area contributed by atoms with E-state index in [1.165, 1.54) is 25.1 Å². The molecule has 0 saturated heterocycles. The quantitative estimate of drug-likeness (QED) is 0.681. The van der Waals surface area contributed by atoms with E-state index in [4.69, 9.17) is 23.2 Å². The predicted octanol–water partition coefficient (Wildman–Crippen LogP) is 4.27. The van der Waals surface area contributed by atoms with Gasteiger partial charge in [0.05, 0.1) is 21.3 Å². The van der Waals surface area contributed by atoms with Gasteiger partial charge in [-0.25, -0.2) is 8.42 Å². The highest BCUT2D eigenvalue weighted by Crippen LogP contribution is 2.27. The van der Waals surface area contributed by atoms with E-state index in [2.05, 4.69) is 10.0 Å². The van der Waals surface area contributed by atoms with E-state index in [1.54, 1.807) is 24.3 Å². The highest BCUT2D eigenvalue weighted by atomic mass is 35.5. The van der Waals surface area contributed by atoms with Gasteiger partial charge in [0.2, 0.25) is 5.91 Å². The van der Waals surface area contributed by atoms with Crippen LogP contribution in [0.1, 0.15) is 18.9 Å². The minimum Gasteiger partial charge on any atom is -0.325 e. The van der Waals surface area contributed by atoms with Gasteiger partial charge in [-0.1, -0.05) is 23.7 Å². The van der Waals surface area contributed by atoms with E-state index in [9.17, 15) is 13.2 Å². The Kier molecular flexibility index (Phi) is 6.70. The monoisotopic (exact) mass is 400 g/mol. The maximum absolute atomic E-state index is 12.5. The van der Waals surface area contributed by atoms with Crippen molar-refractivity contribution in [3.8, 4) is 0 Å². The molecule has 1 amide bonds. The zero-order valence-corrected chi connectivity index (χ0v) is 15.9. The summed E-state index contributed by atoms with van der Waals surface area (Å²) in [5, 5.41) is 2.87. The van der Waals surface area contributed by atoms with Crippen LogP contribution in [-0.4, -0.2) is 20.2 Å². The second kappa shape index (κ2) is 8.56. The second-order valence-electron chi connectivity index (χ2n) is 5.42. The summed E-state index contributed by atoms with van der Waals surface area (Å²) < 4.78 is 27.5. The molecule has 0 unspecified atom stereocenters. The molecule has 0 aliphatic rings. The minimum absolute atomic E-state index is 0.151. The smallest absolute Gasteiger partial charge is 0.261 e. The molecule has 5 nitrogen and oxygen atoms in total. The maximum Gasteiger partial charge on any atom is 0.261 e. The van der Waals surface area contributed by atoms with Gasteiger partial charge in [0.15, 0.2) is 0 Å². The normalized spacial score (nSPS) is 11.2. The number of carbonyl (C=O) groups excluding carboxylic acids is 1. The molecule has 2 aromatic rings. The maximum atomic E-state index is 12.5. The zero-order chi connectivity index (χ0) is 18.4. The third kappa shape index (κ3) is 5.63. The molecule has 25 heavy (non-hydrogen) atoms. The van der Waals surface area contributed by atoms with Crippen molar-refractivity contribution in [2.75, 3.05) is 15.9 Å². The van der Waals surface area contributed by atoms with E-state index in [1.807, 2.05) is 0 Å². The number of anilines is 2. The number of rotatable bonds is 7. The lowest BCUT2D eigenvalue weighted by atomic mass is 10.1. The summed E-state index contributed by atoms with van der Waals surface area (Å²) in [6.45, 7) is 1.35. The van der Waals surface area contributed by atoms with Crippen LogP contribution in [0, 0.1) is 0 Å². The SMILES string of the molecule is CC(=O)Nc1cc(NS(=O)(=O)c2ccc(CCCCl)cc2)ccc1Cl. The summed E-state index contributed by atoms with van der Waals surface area (Å²) in [7, 11) is -3.74. The molecule has 2 N–H and O–H groups in total. The summed E-state index contributed by atoms with van der Waals surface area (Å²) >= 11 is 11.6. The molecule has 2 aromatic carbocycles. The fourth-order valence-electron chi connectivity index (χ4n) is 2.19. The first-order valence-electron chi connectivity index (χ1n) is 7.56. The number of nitrogens with one attached hydrogen (secondary N) is 2. The summed E-state index contributed by atoms with van der Waals surface area (Å²) in [5.74, 6) is 0.267. The van der Waals surface area contributed by atoms with E-state index in [0.29, 0.717) is 22.3 Å². The highest BCUT2D eigenvalue weighted by molar-refractivity contribution is 7.92. The number of hydrogen-bond donors (Lipinski definition) is 2. The number of aryl methyl sites for hydroxylation is 1. The van der Waals surface area contributed by atoms with Gasteiger partial charge in [0.1, 0.15) is 0 Å². The van der Waals surface area contributed by atoms with Crippen LogP contribution in [0.4, 0.5) is 11.4 Å². The lowest BCUT2D eigenvalue weighted by molar-refractivity contribution is -0.114. The fraction of sp³-hybridized carbons (Fsp3) is 0.235. The second-order valence-corrected chi connectivity index (χ2v) is 7.89. The topological polar surface area (TPSA) is 75.3 Å². The molecule has 0 heterocycles. The molecule has 0 aliphatic heterocycles. The molecular formula is C17H18Cl2N2O3S. The summed E-state index contributed by atoms with van der Waals surface area (Å²) in [4.78, 5) is 11.3. The lowest BCUT2D eigenvalue weighted by Gasteiger charge is -2.11. The molecule has 8 heteroatoms. The molecule has 0 radical (unpaired) electrons. The number of benzene rings is 2. The number of alkyl halides is 1. The Bertz CT molecular complexity index is 853. The summed E-state index contributed by atoms with van der Waals surface area (Å²) in [6, 6.07) is 11.2. The Balaban J connectivity index is 2.19. The molecule has 134 valence electrons. The molecular weight excluding hydrogens is 383 g/mol. The molecule has 0 bridgehead atoms. The van der Waals surface area contributed by atoms with Crippen LogP contribution in [0.3, 0.4) is 0 Å². The first-order chi connectivity index (χ1) is 11.8. The van der Waals surface area contributed by atoms with Gasteiger partial charge >= 0.3 is 0 Å². The summed E-state index contributed by atoms with van der Waals surface area (Å²) in [5.41, 5.74) is 1.67. The van der Waals surface area contributed by atoms with Crippen molar-refractivity contribution in [1.82, 2.24) is 0 Å². The Hall–Kier alpha value is -1.76. The van der Waals surface area contributed by atoms with Crippen molar-refractivity contribution in [3.63, 3.8) is 0 Å². The number of halogens is 2.